The maximum Gasteiger partial charge on any atom is 0.324 e. The van der Waals surface area contributed by atoms with Crippen LogP contribution in [0.15, 0.2) is 66.3 Å². The van der Waals surface area contributed by atoms with Crippen LogP contribution in [0.3, 0.4) is 0 Å². The molecule has 9 nitrogen and oxygen atoms in total. The first-order valence-corrected chi connectivity index (χ1v) is 7.97. The van der Waals surface area contributed by atoms with Crippen molar-refractivity contribution in [3.8, 4) is 0 Å². The van der Waals surface area contributed by atoms with Crippen LogP contribution in [0.25, 0.3) is 0 Å². The SMILES string of the molecule is O=C(N/C(Cn1cncn1)=N\Nc1cccc(Cl)n1)Nc1ccccc1. The van der Waals surface area contributed by atoms with Crippen LogP contribution in [0.1, 0.15) is 0 Å². The van der Waals surface area contributed by atoms with Gasteiger partial charge in [0, 0.05) is 5.69 Å². The molecule has 0 spiro atoms. The zero-order valence-electron chi connectivity index (χ0n) is 13.5. The van der Waals surface area contributed by atoms with Gasteiger partial charge in [-0.1, -0.05) is 35.9 Å². The van der Waals surface area contributed by atoms with Crippen LogP contribution in [0.4, 0.5) is 16.3 Å². The Balaban J connectivity index is 1.70. The summed E-state index contributed by atoms with van der Waals surface area (Å²) >= 11 is 5.85. The molecule has 1 aromatic carbocycles. The zero-order valence-corrected chi connectivity index (χ0v) is 14.3. The number of urea groups is 1. The molecule has 26 heavy (non-hydrogen) atoms. The van der Waals surface area contributed by atoms with Gasteiger partial charge in [0.1, 0.15) is 30.2 Å². The number of halogens is 1. The highest BCUT2D eigenvalue weighted by atomic mass is 35.5. The lowest BCUT2D eigenvalue weighted by Crippen LogP contribution is -2.37. The van der Waals surface area contributed by atoms with Crippen molar-refractivity contribution in [2.75, 3.05) is 10.7 Å². The van der Waals surface area contributed by atoms with E-state index in [0.29, 0.717) is 22.5 Å². The van der Waals surface area contributed by atoms with Crippen molar-refractivity contribution in [3.63, 3.8) is 0 Å². The number of aromatic nitrogens is 4. The zero-order chi connectivity index (χ0) is 18.2. The molecule has 3 rings (SSSR count). The normalized spacial score (nSPS) is 11.0. The standard InChI is InChI=1S/C16H15ClN8O/c17-13-7-4-8-14(21-13)23-24-15(9-25-11-18-10-19-25)22-16(26)20-12-5-2-1-3-6-12/h1-8,10-11H,9H2,(H,21,23)(H2,20,22,24,26). The first-order chi connectivity index (χ1) is 12.7. The molecule has 3 N–H and O–H groups in total. The van der Waals surface area contributed by atoms with E-state index in [0.717, 1.165) is 0 Å². The summed E-state index contributed by atoms with van der Waals surface area (Å²) in [4.78, 5) is 20.1. The third-order valence-electron chi connectivity index (χ3n) is 3.09. The number of nitrogens with zero attached hydrogens (tertiary/aromatic N) is 5. The molecule has 0 saturated carbocycles. The van der Waals surface area contributed by atoms with Gasteiger partial charge in [0.15, 0.2) is 5.84 Å². The number of rotatable bonds is 5. The van der Waals surface area contributed by atoms with Crippen molar-refractivity contribution in [3.05, 3.63) is 66.3 Å². The summed E-state index contributed by atoms with van der Waals surface area (Å²) in [6.07, 6.45) is 2.91. The molecule has 0 aliphatic carbocycles. The molecule has 0 radical (unpaired) electrons. The summed E-state index contributed by atoms with van der Waals surface area (Å²) in [5.41, 5.74) is 3.42. The van der Waals surface area contributed by atoms with Crippen molar-refractivity contribution < 1.29 is 4.79 Å². The molecule has 0 saturated heterocycles. The van der Waals surface area contributed by atoms with Crippen LogP contribution in [0.5, 0.6) is 0 Å². The van der Waals surface area contributed by atoms with Crippen LogP contribution < -0.4 is 16.1 Å². The van der Waals surface area contributed by atoms with E-state index in [1.807, 2.05) is 18.2 Å². The van der Waals surface area contributed by atoms with Crippen LogP contribution >= 0.6 is 11.6 Å². The summed E-state index contributed by atoms with van der Waals surface area (Å²) in [6.45, 7) is 0.204. The molecule has 0 unspecified atom stereocenters. The van der Waals surface area contributed by atoms with E-state index in [9.17, 15) is 4.79 Å². The predicted octanol–water partition coefficient (Wildman–Crippen LogP) is 2.57. The van der Waals surface area contributed by atoms with Gasteiger partial charge in [0.25, 0.3) is 0 Å². The lowest BCUT2D eigenvalue weighted by Gasteiger charge is -2.11. The second kappa shape index (κ2) is 8.58. The van der Waals surface area contributed by atoms with E-state index < -0.39 is 6.03 Å². The average molecular weight is 371 g/mol. The van der Waals surface area contributed by atoms with E-state index in [-0.39, 0.29) is 6.54 Å². The van der Waals surface area contributed by atoms with E-state index in [2.05, 4.69) is 36.2 Å². The maximum absolute atomic E-state index is 12.2. The van der Waals surface area contributed by atoms with Gasteiger partial charge in [0.05, 0.1) is 0 Å². The summed E-state index contributed by atoms with van der Waals surface area (Å²) in [6, 6.07) is 13.7. The van der Waals surface area contributed by atoms with Crippen molar-refractivity contribution in [2.24, 2.45) is 5.10 Å². The molecule has 0 aliphatic rings. The lowest BCUT2D eigenvalue weighted by atomic mass is 10.3. The van der Waals surface area contributed by atoms with Crippen molar-refractivity contribution in [1.82, 2.24) is 25.1 Å². The highest BCUT2D eigenvalue weighted by Gasteiger charge is 2.08. The van der Waals surface area contributed by atoms with Gasteiger partial charge in [-0.3, -0.25) is 10.7 Å². The number of hydrogen-bond acceptors (Lipinski definition) is 6. The molecule has 2 heterocycles. The average Bonchev–Trinajstić information content (AvgIpc) is 3.13. The van der Waals surface area contributed by atoms with Gasteiger partial charge in [-0.15, -0.1) is 0 Å². The number of anilines is 2. The smallest absolute Gasteiger partial charge is 0.308 e. The van der Waals surface area contributed by atoms with Gasteiger partial charge in [-0.05, 0) is 24.3 Å². The summed E-state index contributed by atoms with van der Waals surface area (Å²) in [5.74, 6) is 0.754. The van der Waals surface area contributed by atoms with Gasteiger partial charge in [-0.2, -0.15) is 10.2 Å². The first-order valence-electron chi connectivity index (χ1n) is 7.59. The number of pyridine rings is 1. The Morgan fingerprint density at radius 1 is 1.15 bits per heavy atom. The van der Waals surface area contributed by atoms with E-state index in [1.54, 1.807) is 30.3 Å². The summed E-state index contributed by atoms with van der Waals surface area (Å²) < 4.78 is 1.52. The largest absolute Gasteiger partial charge is 0.324 e. The van der Waals surface area contributed by atoms with Crippen LogP contribution in [-0.4, -0.2) is 31.6 Å². The Labute approximate surface area is 154 Å². The van der Waals surface area contributed by atoms with E-state index in [1.165, 1.54) is 17.3 Å². The second-order valence-electron chi connectivity index (χ2n) is 5.05. The third kappa shape index (κ3) is 5.28. The van der Waals surface area contributed by atoms with Crippen LogP contribution in [0, 0.1) is 0 Å². The molecular weight excluding hydrogens is 356 g/mol. The summed E-state index contributed by atoms with van der Waals surface area (Å²) in [7, 11) is 0. The molecule has 0 fully saturated rings. The number of amidine groups is 1. The van der Waals surface area contributed by atoms with Gasteiger partial charge >= 0.3 is 6.03 Å². The fraction of sp³-hybridized carbons (Fsp3) is 0.0625. The fourth-order valence-electron chi connectivity index (χ4n) is 1.98. The number of nitrogens with one attached hydrogen (secondary N) is 3. The molecule has 2 aromatic heterocycles. The molecular formula is C16H15ClN8O. The van der Waals surface area contributed by atoms with Crippen molar-refractivity contribution in [1.29, 1.82) is 0 Å². The summed E-state index contributed by atoms with van der Waals surface area (Å²) in [5, 5.41) is 13.9. The maximum atomic E-state index is 12.2. The highest BCUT2D eigenvalue weighted by Crippen LogP contribution is 2.09. The minimum absolute atomic E-state index is 0.204. The van der Waals surface area contributed by atoms with Gasteiger partial charge in [-0.25, -0.2) is 19.4 Å². The minimum Gasteiger partial charge on any atom is -0.308 e. The number of carbonyl (C=O) groups excluding carboxylic acids is 1. The molecule has 3 aromatic rings. The van der Waals surface area contributed by atoms with Crippen molar-refractivity contribution >= 4 is 35.0 Å². The second-order valence-corrected chi connectivity index (χ2v) is 5.44. The number of benzene rings is 1. The number of para-hydroxylation sites is 1. The monoisotopic (exact) mass is 370 g/mol. The van der Waals surface area contributed by atoms with Crippen LogP contribution in [-0.2, 0) is 6.54 Å². The topological polar surface area (TPSA) is 109 Å². The van der Waals surface area contributed by atoms with Crippen LogP contribution in [0.2, 0.25) is 5.15 Å². The molecule has 10 heteroatoms. The van der Waals surface area contributed by atoms with Gasteiger partial charge in [0.2, 0.25) is 0 Å². The molecule has 0 aliphatic heterocycles. The number of hydrogen-bond donors (Lipinski definition) is 3. The predicted molar refractivity (Wildman–Crippen MR) is 98.9 cm³/mol. The van der Waals surface area contributed by atoms with E-state index in [4.69, 9.17) is 11.6 Å². The number of carbonyl (C=O) groups is 1. The molecule has 0 atom stereocenters. The minimum atomic E-state index is -0.434. The molecule has 132 valence electrons. The fourth-order valence-corrected chi connectivity index (χ4v) is 2.14. The number of hydrazone groups is 1. The third-order valence-corrected chi connectivity index (χ3v) is 3.30. The molecule has 0 bridgehead atoms. The Morgan fingerprint density at radius 2 is 2.00 bits per heavy atom. The van der Waals surface area contributed by atoms with E-state index >= 15 is 0 Å². The quantitative estimate of drug-likeness (QED) is 0.277. The van der Waals surface area contributed by atoms with Gasteiger partial charge < -0.3 is 5.32 Å². The van der Waals surface area contributed by atoms with Crippen molar-refractivity contribution in [2.45, 2.75) is 6.54 Å². The Morgan fingerprint density at radius 3 is 2.73 bits per heavy atom. The first kappa shape index (κ1) is 17.4. The Hall–Kier alpha value is -3.46. The molecule has 2 amide bonds. The highest BCUT2D eigenvalue weighted by molar-refractivity contribution is 6.29. The lowest BCUT2D eigenvalue weighted by molar-refractivity contribution is 0.256. The number of amides is 2. The Kier molecular flexibility index (Phi) is 5.73. The Bertz CT molecular complexity index is 882.